The summed E-state index contributed by atoms with van der Waals surface area (Å²) >= 11 is 5.20. The molecule has 0 heterocycles. The Morgan fingerprint density at radius 2 is 1.65 bits per heavy atom. The topological polar surface area (TPSA) is 12.0 Å². The largest absolute Gasteiger partial charge is 0.381 e. The number of nitrogens with one attached hydrogen (secondary N) is 1. The molecule has 0 bridgehead atoms. The molecule has 0 radical (unpaired) electrons. The van der Waals surface area contributed by atoms with E-state index in [0.29, 0.717) is 0 Å². The second-order valence-electron chi connectivity index (χ2n) is 3.71. The SMILES string of the molecule is CSc1ccc(NCc2ccc(Br)cc2)cc1. The lowest BCUT2D eigenvalue weighted by atomic mass is 10.2. The third kappa shape index (κ3) is 3.79. The van der Waals surface area contributed by atoms with Gasteiger partial charge in [0.2, 0.25) is 0 Å². The van der Waals surface area contributed by atoms with Crippen molar-refractivity contribution in [3.8, 4) is 0 Å². The van der Waals surface area contributed by atoms with Crippen molar-refractivity contribution < 1.29 is 0 Å². The van der Waals surface area contributed by atoms with E-state index in [1.807, 2.05) is 0 Å². The number of hydrogen-bond donors (Lipinski definition) is 1. The average Bonchev–Trinajstić information content (AvgIpc) is 2.39. The van der Waals surface area contributed by atoms with E-state index in [1.54, 1.807) is 11.8 Å². The Morgan fingerprint density at radius 1 is 1.00 bits per heavy atom. The normalized spacial score (nSPS) is 10.2. The zero-order chi connectivity index (χ0) is 12.1. The lowest BCUT2D eigenvalue weighted by Crippen LogP contribution is -1.98. The summed E-state index contributed by atoms with van der Waals surface area (Å²) in [7, 11) is 0. The van der Waals surface area contributed by atoms with Crippen molar-refractivity contribution >= 4 is 33.4 Å². The molecule has 1 nitrogen and oxygen atoms in total. The predicted octanol–water partition coefficient (Wildman–Crippen LogP) is 4.78. The van der Waals surface area contributed by atoms with Crippen LogP contribution in [0.5, 0.6) is 0 Å². The van der Waals surface area contributed by atoms with Gasteiger partial charge in [0.15, 0.2) is 0 Å². The third-order valence-electron chi connectivity index (χ3n) is 2.50. The van der Waals surface area contributed by atoms with Crippen molar-refractivity contribution in [1.82, 2.24) is 0 Å². The van der Waals surface area contributed by atoms with Crippen LogP contribution in [0.3, 0.4) is 0 Å². The average molecular weight is 308 g/mol. The molecule has 0 saturated carbocycles. The number of anilines is 1. The number of benzene rings is 2. The Labute approximate surface area is 115 Å². The summed E-state index contributed by atoms with van der Waals surface area (Å²) in [4.78, 5) is 1.29. The van der Waals surface area contributed by atoms with Gasteiger partial charge in [-0.3, -0.25) is 0 Å². The molecule has 0 atom stereocenters. The first-order valence-electron chi connectivity index (χ1n) is 5.40. The molecule has 0 fully saturated rings. The first-order valence-corrected chi connectivity index (χ1v) is 7.42. The minimum Gasteiger partial charge on any atom is -0.381 e. The smallest absolute Gasteiger partial charge is 0.0400 e. The fraction of sp³-hybridized carbons (Fsp3) is 0.143. The molecule has 88 valence electrons. The Hall–Kier alpha value is -0.930. The lowest BCUT2D eigenvalue weighted by Gasteiger charge is -2.07. The van der Waals surface area contributed by atoms with Gasteiger partial charge in [-0.05, 0) is 48.2 Å². The summed E-state index contributed by atoms with van der Waals surface area (Å²) < 4.78 is 1.12. The van der Waals surface area contributed by atoms with Crippen LogP contribution in [0.25, 0.3) is 0 Å². The minimum absolute atomic E-state index is 0.853. The molecule has 0 saturated heterocycles. The summed E-state index contributed by atoms with van der Waals surface area (Å²) in [6, 6.07) is 16.9. The number of hydrogen-bond acceptors (Lipinski definition) is 2. The molecule has 2 rings (SSSR count). The molecule has 0 spiro atoms. The Kier molecular flexibility index (Phi) is 4.51. The van der Waals surface area contributed by atoms with Crippen LogP contribution in [-0.2, 0) is 6.54 Å². The molecule has 2 aromatic rings. The molecule has 0 aromatic heterocycles. The molecule has 3 heteroatoms. The van der Waals surface area contributed by atoms with Crippen LogP contribution in [0, 0.1) is 0 Å². The molecular formula is C14H14BrNS. The number of halogens is 1. The van der Waals surface area contributed by atoms with Gasteiger partial charge in [-0.1, -0.05) is 28.1 Å². The maximum atomic E-state index is 3.43. The quantitative estimate of drug-likeness (QED) is 0.816. The van der Waals surface area contributed by atoms with Gasteiger partial charge in [-0.2, -0.15) is 0 Å². The van der Waals surface area contributed by atoms with Crippen LogP contribution in [0.15, 0.2) is 57.9 Å². The number of thioether (sulfide) groups is 1. The van der Waals surface area contributed by atoms with Crippen LogP contribution in [0.1, 0.15) is 5.56 Å². The molecule has 0 aliphatic rings. The minimum atomic E-state index is 0.853. The highest BCUT2D eigenvalue weighted by Gasteiger charge is 1.95. The summed E-state index contributed by atoms with van der Waals surface area (Å²) in [5, 5.41) is 3.41. The van der Waals surface area contributed by atoms with Gasteiger partial charge in [0.1, 0.15) is 0 Å². The highest BCUT2D eigenvalue weighted by Crippen LogP contribution is 2.18. The van der Waals surface area contributed by atoms with Crippen molar-refractivity contribution in [2.45, 2.75) is 11.4 Å². The highest BCUT2D eigenvalue weighted by atomic mass is 79.9. The van der Waals surface area contributed by atoms with Gasteiger partial charge in [-0.25, -0.2) is 0 Å². The van der Waals surface area contributed by atoms with Crippen LogP contribution in [0.4, 0.5) is 5.69 Å². The lowest BCUT2D eigenvalue weighted by molar-refractivity contribution is 1.14. The van der Waals surface area contributed by atoms with E-state index in [-0.39, 0.29) is 0 Å². The van der Waals surface area contributed by atoms with Crippen molar-refractivity contribution in [3.05, 3.63) is 58.6 Å². The van der Waals surface area contributed by atoms with Gasteiger partial charge in [0, 0.05) is 21.6 Å². The van der Waals surface area contributed by atoms with E-state index in [1.165, 1.54) is 10.5 Å². The molecular weight excluding hydrogens is 294 g/mol. The molecule has 1 N–H and O–H groups in total. The Balaban J connectivity index is 1.95. The highest BCUT2D eigenvalue weighted by molar-refractivity contribution is 9.10. The van der Waals surface area contributed by atoms with Gasteiger partial charge < -0.3 is 5.32 Å². The van der Waals surface area contributed by atoms with Gasteiger partial charge in [0.25, 0.3) is 0 Å². The standard InChI is InChI=1S/C14H14BrNS/c1-17-14-8-6-13(7-9-14)16-10-11-2-4-12(15)5-3-11/h2-9,16H,10H2,1H3. The molecule has 0 amide bonds. The first kappa shape index (κ1) is 12.5. The second-order valence-corrected chi connectivity index (χ2v) is 5.50. The Morgan fingerprint density at radius 3 is 2.24 bits per heavy atom. The maximum Gasteiger partial charge on any atom is 0.0400 e. The van der Waals surface area contributed by atoms with E-state index in [0.717, 1.165) is 16.7 Å². The molecule has 0 aliphatic heterocycles. The third-order valence-corrected chi connectivity index (χ3v) is 3.77. The fourth-order valence-corrected chi connectivity index (χ4v) is 2.19. The first-order chi connectivity index (χ1) is 8.28. The van der Waals surface area contributed by atoms with Crippen molar-refractivity contribution in [1.29, 1.82) is 0 Å². The van der Waals surface area contributed by atoms with Gasteiger partial charge in [0.05, 0.1) is 0 Å². The summed E-state index contributed by atoms with van der Waals surface area (Å²) in [5.41, 5.74) is 2.44. The number of rotatable bonds is 4. The molecule has 0 aliphatic carbocycles. The summed E-state index contributed by atoms with van der Waals surface area (Å²) in [6.07, 6.45) is 2.09. The zero-order valence-electron chi connectivity index (χ0n) is 9.61. The predicted molar refractivity (Wildman–Crippen MR) is 79.7 cm³/mol. The van der Waals surface area contributed by atoms with Gasteiger partial charge in [-0.15, -0.1) is 11.8 Å². The van der Waals surface area contributed by atoms with Crippen LogP contribution >= 0.6 is 27.7 Å². The van der Waals surface area contributed by atoms with Crippen molar-refractivity contribution in [3.63, 3.8) is 0 Å². The van der Waals surface area contributed by atoms with E-state index in [9.17, 15) is 0 Å². The maximum absolute atomic E-state index is 3.43. The van der Waals surface area contributed by atoms with Crippen LogP contribution in [0.2, 0.25) is 0 Å². The van der Waals surface area contributed by atoms with E-state index < -0.39 is 0 Å². The van der Waals surface area contributed by atoms with Crippen LogP contribution < -0.4 is 5.32 Å². The monoisotopic (exact) mass is 307 g/mol. The summed E-state index contributed by atoms with van der Waals surface area (Å²) in [5.74, 6) is 0. The second kappa shape index (κ2) is 6.12. The molecule has 17 heavy (non-hydrogen) atoms. The Bertz CT molecular complexity index is 465. The van der Waals surface area contributed by atoms with E-state index in [2.05, 4.69) is 76.0 Å². The van der Waals surface area contributed by atoms with Gasteiger partial charge >= 0.3 is 0 Å². The molecule has 2 aromatic carbocycles. The van der Waals surface area contributed by atoms with E-state index in [4.69, 9.17) is 0 Å². The van der Waals surface area contributed by atoms with Crippen LogP contribution in [-0.4, -0.2) is 6.26 Å². The van der Waals surface area contributed by atoms with Crippen molar-refractivity contribution in [2.24, 2.45) is 0 Å². The fourth-order valence-electron chi connectivity index (χ4n) is 1.52. The van der Waals surface area contributed by atoms with Crippen molar-refractivity contribution in [2.75, 3.05) is 11.6 Å². The summed E-state index contributed by atoms with van der Waals surface area (Å²) in [6.45, 7) is 0.853. The molecule has 0 unspecified atom stereocenters. The zero-order valence-corrected chi connectivity index (χ0v) is 12.0. The van der Waals surface area contributed by atoms with E-state index >= 15 is 0 Å².